The monoisotopic (exact) mass is 462 g/mol. The molecular weight excluding hydrogens is 436 g/mol. The van der Waals surface area contributed by atoms with Crippen LogP contribution in [-0.4, -0.2) is 29.0 Å². The minimum absolute atomic E-state index is 0.231. The zero-order chi connectivity index (χ0) is 23.9. The van der Waals surface area contributed by atoms with Gasteiger partial charge < -0.3 is 9.32 Å². The highest BCUT2D eigenvalue weighted by molar-refractivity contribution is 5.86. The summed E-state index contributed by atoms with van der Waals surface area (Å²) in [5.41, 5.74) is 5.70. The fraction of sp³-hybridized carbons (Fsp3) is 0.207. The standard InChI is InChI=1S/C29H26N4O2/c1-19-16-25(32-13-7-8-14-32)20(2)15-22(19)18-30-33-28(27-17-21-9-3-6-12-26(21)35-27)31-24-11-5-4-10-23(24)29(33)34/h3-6,9-12,15-18H,7-8,13-14H2,1-2H3. The fourth-order valence-corrected chi connectivity index (χ4v) is 4.86. The smallest absolute Gasteiger partial charge is 0.282 e. The molecule has 6 heteroatoms. The lowest BCUT2D eigenvalue weighted by Crippen LogP contribution is -2.20. The van der Waals surface area contributed by atoms with Crippen molar-refractivity contribution in [1.29, 1.82) is 0 Å². The third-order valence-corrected chi connectivity index (χ3v) is 6.74. The number of aromatic nitrogens is 2. The Kier molecular flexibility index (Phi) is 5.21. The van der Waals surface area contributed by atoms with Crippen LogP contribution in [-0.2, 0) is 0 Å². The van der Waals surface area contributed by atoms with Crippen molar-refractivity contribution in [1.82, 2.24) is 9.66 Å². The first-order valence-electron chi connectivity index (χ1n) is 12.0. The van der Waals surface area contributed by atoms with Gasteiger partial charge >= 0.3 is 0 Å². The van der Waals surface area contributed by atoms with Crippen molar-refractivity contribution in [3.05, 3.63) is 93.8 Å². The molecule has 1 aliphatic heterocycles. The molecule has 0 bridgehead atoms. The highest BCUT2D eigenvalue weighted by atomic mass is 16.3. The topological polar surface area (TPSA) is 63.6 Å². The molecule has 35 heavy (non-hydrogen) atoms. The van der Waals surface area contributed by atoms with Gasteiger partial charge in [0.05, 0.1) is 17.1 Å². The molecule has 1 aliphatic rings. The SMILES string of the molecule is Cc1cc(N2CCCC2)c(C)cc1C=Nn1c(-c2cc3ccccc3o2)nc2ccccc2c1=O. The molecule has 6 nitrogen and oxygen atoms in total. The number of rotatable bonds is 4. The van der Waals surface area contributed by atoms with E-state index in [2.05, 4.69) is 36.0 Å². The Balaban J connectivity index is 1.48. The highest BCUT2D eigenvalue weighted by Crippen LogP contribution is 2.28. The first-order chi connectivity index (χ1) is 17.1. The number of anilines is 1. The van der Waals surface area contributed by atoms with Crippen molar-refractivity contribution in [3.63, 3.8) is 0 Å². The third kappa shape index (κ3) is 3.81. The first kappa shape index (κ1) is 21.4. The molecule has 6 rings (SSSR count). The summed E-state index contributed by atoms with van der Waals surface area (Å²) in [6.45, 7) is 6.43. The Morgan fingerprint density at radius 2 is 1.71 bits per heavy atom. The molecule has 0 aliphatic carbocycles. The second kappa shape index (κ2) is 8.55. The van der Waals surface area contributed by atoms with E-state index in [0.717, 1.165) is 35.2 Å². The van der Waals surface area contributed by atoms with Crippen LogP contribution in [0.5, 0.6) is 0 Å². The zero-order valence-corrected chi connectivity index (χ0v) is 19.9. The maximum Gasteiger partial charge on any atom is 0.282 e. The van der Waals surface area contributed by atoms with Crippen LogP contribution in [0.25, 0.3) is 33.5 Å². The van der Waals surface area contributed by atoms with Gasteiger partial charge in [-0.1, -0.05) is 30.3 Å². The predicted molar refractivity (Wildman–Crippen MR) is 142 cm³/mol. The Labute approximate surface area is 203 Å². The van der Waals surface area contributed by atoms with Crippen molar-refractivity contribution >= 4 is 33.8 Å². The van der Waals surface area contributed by atoms with Crippen LogP contribution in [0.1, 0.15) is 29.5 Å². The average Bonchev–Trinajstić information content (AvgIpc) is 3.55. The molecule has 0 amide bonds. The zero-order valence-electron chi connectivity index (χ0n) is 19.9. The summed E-state index contributed by atoms with van der Waals surface area (Å²) in [5.74, 6) is 0.882. The van der Waals surface area contributed by atoms with Crippen LogP contribution in [0.15, 0.2) is 81.0 Å². The second-order valence-corrected chi connectivity index (χ2v) is 9.15. The van der Waals surface area contributed by atoms with E-state index in [1.165, 1.54) is 28.8 Å². The number of hydrogen-bond donors (Lipinski definition) is 0. The minimum atomic E-state index is -0.231. The number of aryl methyl sites for hydroxylation is 2. The summed E-state index contributed by atoms with van der Waals surface area (Å²) in [7, 11) is 0. The van der Waals surface area contributed by atoms with Gasteiger partial charge in [0.1, 0.15) is 5.58 Å². The maximum atomic E-state index is 13.5. The second-order valence-electron chi connectivity index (χ2n) is 9.15. The van der Waals surface area contributed by atoms with Crippen molar-refractivity contribution in [2.45, 2.75) is 26.7 Å². The Morgan fingerprint density at radius 3 is 2.54 bits per heavy atom. The highest BCUT2D eigenvalue weighted by Gasteiger charge is 2.18. The molecular formula is C29H26N4O2. The summed E-state index contributed by atoms with van der Waals surface area (Å²) < 4.78 is 7.42. The minimum Gasteiger partial charge on any atom is -0.453 e. The summed E-state index contributed by atoms with van der Waals surface area (Å²) >= 11 is 0. The number of para-hydroxylation sites is 2. The molecule has 2 aromatic heterocycles. The summed E-state index contributed by atoms with van der Waals surface area (Å²) in [5, 5.41) is 6.11. The van der Waals surface area contributed by atoms with Gasteiger partial charge in [-0.3, -0.25) is 4.79 Å². The van der Waals surface area contributed by atoms with Gasteiger partial charge in [-0.05, 0) is 79.8 Å². The molecule has 0 radical (unpaired) electrons. The lowest BCUT2D eigenvalue weighted by molar-refractivity contribution is 0.616. The van der Waals surface area contributed by atoms with E-state index >= 15 is 0 Å². The Morgan fingerprint density at radius 1 is 0.943 bits per heavy atom. The molecule has 0 N–H and O–H groups in total. The first-order valence-corrected chi connectivity index (χ1v) is 12.0. The molecule has 5 aromatic rings. The molecule has 0 spiro atoms. The van der Waals surface area contributed by atoms with Crippen LogP contribution in [0.3, 0.4) is 0 Å². The quantitative estimate of drug-likeness (QED) is 0.312. The van der Waals surface area contributed by atoms with Crippen LogP contribution < -0.4 is 10.5 Å². The average molecular weight is 463 g/mol. The normalized spacial score (nSPS) is 14.1. The van der Waals surface area contributed by atoms with Gasteiger partial charge in [0.25, 0.3) is 5.56 Å². The van der Waals surface area contributed by atoms with Gasteiger partial charge in [0.2, 0.25) is 5.82 Å². The molecule has 3 heterocycles. The Bertz CT molecular complexity index is 1620. The van der Waals surface area contributed by atoms with Crippen LogP contribution in [0.2, 0.25) is 0 Å². The third-order valence-electron chi connectivity index (χ3n) is 6.74. The van der Waals surface area contributed by atoms with Gasteiger partial charge in [0, 0.05) is 24.2 Å². The Hall–Kier alpha value is -4.19. The van der Waals surface area contributed by atoms with E-state index in [1.54, 1.807) is 12.3 Å². The fourth-order valence-electron chi connectivity index (χ4n) is 4.86. The van der Waals surface area contributed by atoms with E-state index in [1.807, 2.05) is 48.5 Å². The molecule has 174 valence electrons. The van der Waals surface area contributed by atoms with Gasteiger partial charge in [-0.15, -0.1) is 0 Å². The molecule has 0 saturated carbocycles. The lowest BCUT2D eigenvalue weighted by atomic mass is 10.0. The number of fused-ring (bicyclic) bond motifs is 2. The van der Waals surface area contributed by atoms with E-state index in [0.29, 0.717) is 22.5 Å². The molecule has 0 unspecified atom stereocenters. The van der Waals surface area contributed by atoms with Crippen molar-refractivity contribution in [3.8, 4) is 11.6 Å². The van der Waals surface area contributed by atoms with Crippen molar-refractivity contribution in [2.24, 2.45) is 5.10 Å². The largest absolute Gasteiger partial charge is 0.453 e. The van der Waals surface area contributed by atoms with Crippen molar-refractivity contribution < 1.29 is 4.42 Å². The summed E-state index contributed by atoms with van der Waals surface area (Å²) in [6, 6.07) is 21.4. The van der Waals surface area contributed by atoms with Crippen LogP contribution >= 0.6 is 0 Å². The summed E-state index contributed by atoms with van der Waals surface area (Å²) in [4.78, 5) is 20.7. The molecule has 1 saturated heterocycles. The maximum absolute atomic E-state index is 13.5. The van der Waals surface area contributed by atoms with E-state index in [9.17, 15) is 4.79 Å². The molecule has 0 atom stereocenters. The number of furan rings is 1. The number of nitrogens with zero attached hydrogens (tertiary/aromatic N) is 4. The molecule has 3 aromatic carbocycles. The van der Waals surface area contributed by atoms with E-state index in [-0.39, 0.29) is 5.56 Å². The van der Waals surface area contributed by atoms with E-state index < -0.39 is 0 Å². The predicted octanol–water partition coefficient (Wildman–Crippen LogP) is 5.91. The number of benzene rings is 3. The number of hydrogen-bond acceptors (Lipinski definition) is 5. The van der Waals surface area contributed by atoms with Crippen LogP contribution in [0.4, 0.5) is 5.69 Å². The van der Waals surface area contributed by atoms with Gasteiger partial charge in [-0.25, -0.2) is 4.98 Å². The van der Waals surface area contributed by atoms with E-state index in [4.69, 9.17) is 9.40 Å². The molecule has 1 fully saturated rings. The van der Waals surface area contributed by atoms with Gasteiger partial charge in [-0.2, -0.15) is 9.78 Å². The van der Waals surface area contributed by atoms with Crippen LogP contribution in [0, 0.1) is 13.8 Å². The van der Waals surface area contributed by atoms with Crippen molar-refractivity contribution in [2.75, 3.05) is 18.0 Å². The van der Waals surface area contributed by atoms with Gasteiger partial charge in [0.15, 0.2) is 5.76 Å². The summed E-state index contributed by atoms with van der Waals surface area (Å²) in [6.07, 6.45) is 4.23. The lowest BCUT2D eigenvalue weighted by Gasteiger charge is -2.21.